The Kier molecular flexibility index (Phi) is 4.57. The van der Waals surface area contributed by atoms with E-state index in [2.05, 4.69) is 0 Å². The van der Waals surface area contributed by atoms with Gasteiger partial charge in [0.05, 0.1) is 23.5 Å². The van der Waals surface area contributed by atoms with E-state index in [4.69, 9.17) is 16.3 Å². The number of nitro groups is 1. The lowest BCUT2D eigenvalue weighted by Crippen LogP contribution is -2.46. The van der Waals surface area contributed by atoms with Crippen LogP contribution in [0.5, 0.6) is 0 Å². The summed E-state index contributed by atoms with van der Waals surface area (Å²) in [4.78, 5) is 24.6. The number of ether oxygens (including phenoxy) is 1. The molecule has 7 heteroatoms. The number of hydrogen-bond acceptors (Lipinski definition) is 4. The third-order valence-corrected chi connectivity index (χ3v) is 3.59. The predicted octanol–water partition coefficient (Wildman–Crippen LogP) is 1.98. The fourth-order valence-corrected chi connectivity index (χ4v) is 2.43. The monoisotopic (exact) mass is 298 g/mol. The molecule has 0 saturated carbocycles. The van der Waals surface area contributed by atoms with Gasteiger partial charge in [-0.1, -0.05) is 12.1 Å². The first-order valence-electron chi connectivity index (χ1n) is 6.25. The molecular formula is C13H15ClN2O4. The molecule has 0 spiro atoms. The summed E-state index contributed by atoms with van der Waals surface area (Å²) in [7, 11) is 0. The Bertz CT molecular complexity index is 535. The van der Waals surface area contributed by atoms with E-state index in [1.165, 1.54) is 6.07 Å². The lowest BCUT2D eigenvalue weighted by molar-refractivity contribution is -0.385. The van der Waals surface area contributed by atoms with Crippen LogP contribution in [0.1, 0.15) is 15.9 Å². The Balaban J connectivity index is 2.29. The molecule has 0 aliphatic carbocycles. The lowest BCUT2D eigenvalue weighted by Gasteiger charge is -2.32. The van der Waals surface area contributed by atoms with E-state index in [9.17, 15) is 14.9 Å². The molecule has 2 rings (SSSR count). The number of hydrogen-bond donors (Lipinski definition) is 0. The summed E-state index contributed by atoms with van der Waals surface area (Å²) in [5.41, 5.74) is 0.458. The maximum atomic E-state index is 12.5. The molecule has 1 fully saturated rings. The van der Waals surface area contributed by atoms with Crippen LogP contribution in [-0.4, -0.2) is 47.4 Å². The molecule has 1 atom stereocenters. The second kappa shape index (κ2) is 6.19. The summed E-state index contributed by atoms with van der Waals surface area (Å²) in [6.07, 6.45) is -0.224. The molecule has 1 aromatic carbocycles. The van der Waals surface area contributed by atoms with Crippen molar-refractivity contribution in [3.8, 4) is 0 Å². The van der Waals surface area contributed by atoms with Crippen molar-refractivity contribution < 1.29 is 14.5 Å². The quantitative estimate of drug-likeness (QED) is 0.486. The molecule has 20 heavy (non-hydrogen) atoms. The van der Waals surface area contributed by atoms with Crippen molar-refractivity contribution in [2.75, 3.05) is 25.6 Å². The third-order valence-electron chi connectivity index (χ3n) is 3.25. The summed E-state index contributed by atoms with van der Waals surface area (Å²) in [5.74, 6) is -0.0570. The fourth-order valence-electron chi connectivity index (χ4n) is 2.24. The SMILES string of the molecule is Cc1cccc(C(=O)N2CCOC(CCl)C2)c1[N+](=O)[O-]. The van der Waals surface area contributed by atoms with E-state index in [1.54, 1.807) is 24.0 Å². The standard InChI is InChI=1S/C13H15ClN2O4/c1-9-3-2-4-11(12(9)16(18)19)13(17)15-5-6-20-10(7-14)8-15/h2-4,10H,5-8H2,1H3. The highest BCUT2D eigenvalue weighted by Gasteiger charge is 2.29. The zero-order valence-electron chi connectivity index (χ0n) is 11.0. The number of carbonyl (C=O) groups excluding carboxylic acids is 1. The second-order valence-corrected chi connectivity index (χ2v) is 4.94. The van der Waals surface area contributed by atoms with Gasteiger partial charge in [0.25, 0.3) is 11.6 Å². The van der Waals surface area contributed by atoms with Crippen LogP contribution >= 0.6 is 11.6 Å². The van der Waals surface area contributed by atoms with Gasteiger partial charge in [0.1, 0.15) is 5.56 Å². The first kappa shape index (κ1) is 14.7. The number of carbonyl (C=O) groups is 1. The molecule has 108 valence electrons. The van der Waals surface area contributed by atoms with Crippen LogP contribution in [0.3, 0.4) is 0 Å². The van der Waals surface area contributed by atoms with Gasteiger partial charge in [-0.05, 0) is 13.0 Å². The summed E-state index contributed by atoms with van der Waals surface area (Å²) in [5, 5.41) is 11.1. The molecule has 1 heterocycles. The number of benzene rings is 1. The topological polar surface area (TPSA) is 72.7 Å². The number of nitro benzene ring substituents is 1. The van der Waals surface area contributed by atoms with Gasteiger partial charge < -0.3 is 9.64 Å². The number of amides is 1. The van der Waals surface area contributed by atoms with Crippen molar-refractivity contribution in [2.24, 2.45) is 0 Å². The minimum absolute atomic E-state index is 0.116. The highest BCUT2D eigenvalue weighted by molar-refractivity contribution is 6.18. The summed E-state index contributed by atoms with van der Waals surface area (Å²) in [6.45, 7) is 2.78. The zero-order chi connectivity index (χ0) is 14.7. The van der Waals surface area contributed by atoms with Crippen molar-refractivity contribution in [1.29, 1.82) is 0 Å². The Hall–Kier alpha value is -1.66. The second-order valence-electron chi connectivity index (χ2n) is 4.63. The average Bonchev–Trinajstić information content (AvgIpc) is 2.45. The number of morpholine rings is 1. The Morgan fingerprint density at radius 3 is 3.00 bits per heavy atom. The van der Waals surface area contributed by atoms with E-state index in [1.807, 2.05) is 0 Å². The molecule has 1 aliphatic rings. The molecule has 0 N–H and O–H groups in total. The van der Waals surface area contributed by atoms with Crippen molar-refractivity contribution in [3.05, 3.63) is 39.4 Å². The van der Waals surface area contributed by atoms with Gasteiger partial charge in [-0.25, -0.2) is 0 Å². The molecule has 1 aromatic rings. The van der Waals surface area contributed by atoms with Crippen LogP contribution in [0.15, 0.2) is 18.2 Å². The van der Waals surface area contributed by atoms with Crippen LogP contribution in [-0.2, 0) is 4.74 Å². The van der Waals surface area contributed by atoms with Crippen LogP contribution in [0.25, 0.3) is 0 Å². The number of nitrogens with zero attached hydrogens (tertiary/aromatic N) is 2. The normalized spacial score (nSPS) is 18.9. The van der Waals surface area contributed by atoms with Gasteiger partial charge in [0.2, 0.25) is 0 Å². The summed E-state index contributed by atoms with van der Waals surface area (Å²) in [6, 6.07) is 4.75. The Labute approximate surface area is 121 Å². The lowest BCUT2D eigenvalue weighted by atomic mass is 10.1. The molecule has 0 radical (unpaired) electrons. The van der Waals surface area contributed by atoms with Gasteiger partial charge in [0.15, 0.2) is 0 Å². The predicted molar refractivity (Wildman–Crippen MR) is 74.2 cm³/mol. The van der Waals surface area contributed by atoms with Crippen LogP contribution in [0.2, 0.25) is 0 Å². The van der Waals surface area contributed by atoms with E-state index in [0.29, 0.717) is 31.1 Å². The largest absolute Gasteiger partial charge is 0.373 e. The fraction of sp³-hybridized carbons (Fsp3) is 0.462. The van der Waals surface area contributed by atoms with Crippen molar-refractivity contribution in [1.82, 2.24) is 4.90 Å². The van der Waals surface area contributed by atoms with Crippen molar-refractivity contribution in [3.63, 3.8) is 0 Å². The maximum absolute atomic E-state index is 12.5. The number of rotatable bonds is 3. The first-order chi connectivity index (χ1) is 9.54. The number of aryl methyl sites for hydroxylation is 1. The van der Waals surface area contributed by atoms with Crippen LogP contribution in [0, 0.1) is 17.0 Å². The molecule has 0 bridgehead atoms. The number of alkyl halides is 1. The minimum atomic E-state index is -0.512. The highest BCUT2D eigenvalue weighted by Crippen LogP contribution is 2.25. The number of halogens is 1. The van der Waals surface area contributed by atoms with E-state index < -0.39 is 4.92 Å². The molecule has 6 nitrogen and oxygen atoms in total. The smallest absolute Gasteiger partial charge is 0.285 e. The maximum Gasteiger partial charge on any atom is 0.285 e. The first-order valence-corrected chi connectivity index (χ1v) is 6.79. The van der Waals surface area contributed by atoms with Gasteiger partial charge in [-0.15, -0.1) is 11.6 Å². The van der Waals surface area contributed by atoms with Crippen molar-refractivity contribution in [2.45, 2.75) is 13.0 Å². The number of para-hydroxylation sites is 1. The molecule has 1 aliphatic heterocycles. The minimum Gasteiger partial charge on any atom is -0.373 e. The van der Waals surface area contributed by atoms with Crippen LogP contribution < -0.4 is 0 Å². The molecule has 1 amide bonds. The van der Waals surface area contributed by atoms with Crippen LogP contribution in [0.4, 0.5) is 5.69 Å². The summed E-state index contributed by atoms with van der Waals surface area (Å²) < 4.78 is 5.39. The molecular weight excluding hydrogens is 284 g/mol. The summed E-state index contributed by atoms with van der Waals surface area (Å²) >= 11 is 5.73. The van der Waals surface area contributed by atoms with Gasteiger partial charge >= 0.3 is 0 Å². The van der Waals surface area contributed by atoms with Gasteiger partial charge in [-0.3, -0.25) is 14.9 Å². The Morgan fingerprint density at radius 1 is 1.60 bits per heavy atom. The van der Waals surface area contributed by atoms with Crippen molar-refractivity contribution >= 4 is 23.2 Å². The molecule has 0 aromatic heterocycles. The molecule has 1 unspecified atom stereocenters. The van der Waals surface area contributed by atoms with Gasteiger partial charge in [0, 0.05) is 18.7 Å². The molecule has 1 saturated heterocycles. The van der Waals surface area contributed by atoms with Gasteiger partial charge in [-0.2, -0.15) is 0 Å². The third kappa shape index (κ3) is 2.91. The average molecular weight is 299 g/mol. The van der Waals surface area contributed by atoms with E-state index in [0.717, 1.165) is 0 Å². The Morgan fingerprint density at radius 2 is 2.35 bits per heavy atom. The zero-order valence-corrected chi connectivity index (χ0v) is 11.8. The highest BCUT2D eigenvalue weighted by atomic mass is 35.5. The van der Waals surface area contributed by atoms with E-state index in [-0.39, 0.29) is 23.3 Å². The van der Waals surface area contributed by atoms with E-state index >= 15 is 0 Å².